The Bertz CT molecular complexity index is 3490. The summed E-state index contributed by atoms with van der Waals surface area (Å²) >= 11 is 1.83. The van der Waals surface area contributed by atoms with Crippen molar-refractivity contribution in [3.63, 3.8) is 0 Å². The molecule has 1 aliphatic heterocycles. The van der Waals surface area contributed by atoms with E-state index in [2.05, 4.69) is 196 Å². The van der Waals surface area contributed by atoms with Gasteiger partial charge in [0.05, 0.1) is 28.2 Å². The highest BCUT2D eigenvalue weighted by Gasteiger charge is 2.42. The minimum absolute atomic E-state index is 0.728. The van der Waals surface area contributed by atoms with Gasteiger partial charge in [0.2, 0.25) is 11.4 Å². The summed E-state index contributed by atoms with van der Waals surface area (Å²) < 4.78 is 15.9. The number of hydrogen-bond donors (Lipinski definition) is 0. The van der Waals surface area contributed by atoms with E-state index < -0.39 is 0 Å². The van der Waals surface area contributed by atoms with Crippen LogP contribution in [-0.4, -0.2) is 15.6 Å². The molecule has 5 nitrogen and oxygen atoms in total. The third-order valence-electron chi connectivity index (χ3n) is 11.4. The van der Waals surface area contributed by atoms with Crippen LogP contribution in [0.15, 0.2) is 206 Å². The average Bonchev–Trinajstić information content (AvgIpc) is 3.99. The van der Waals surface area contributed by atoms with Gasteiger partial charge in [-0.3, -0.25) is 4.57 Å². The zero-order valence-electron chi connectivity index (χ0n) is 32.2. The van der Waals surface area contributed by atoms with E-state index in [4.69, 9.17) is 9.72 Å². The summed E-state index contributed by atoms with van der Waals surface area (Å²) in [5.41, 5.74) is 10.9. The molecule has 280 valence electrons. The summed E-state index contributed by atoms with van der Waals surface area (Å²) in [4.78, 5) is 4.72. The maximum absolute atomic E-state index is 6.74. The van der Waals surface area contributed by atoms with E-state index in [0.29, 0.717) is 0 Å². The molecular weight excluding hydrogens is 753 g/mol. The van der Waals surface area contributed by atoms with Crippen molar-refractivity contribution in [2.75, 3.05) is 0 Å². The first-order valence-electron chi connectivity index (χ1n) is 20.0. The lowest BCUT2D eigenvalue weighted by Crippen LogP contribution is -2.04. The van der Waals surface area contributed by atoms with E-state index in [1.807, 2.05) is 41.8 Å². The van der Waals surface area contributed by atoms with Crippen LogP contribution in [0.1, 0.15) is 0 Å². The predicted molar refractivity (Wildman–Crippen MR) is 250 cm³/mol. The molecule has 4 heterocycles. The maximum atomic E-state index is 6.74. The van der Waals surface area contributed by atoms with Crippen LogP contribution in [0.5, 0.6) is 11.5 Å². The van der Waals surface area contributed by atoms with Crippen molar-refractivity contribution < 1.29 is 4.74 Å². The van der Waals surface area contributed by atoms with Crippen LogP contribution in [0, 0.1) is 0 Å². The summed E-state index contributed by atoms with van der Waals surface area (Å²) in [6.45, 7) is 0. The van der Waals surface area contributed by atoms with Crippen molar-refractivity contribution in [3.05, 3.63) is 206 Å². The third kappa shape index (κ3) is 5.51. The summed E-state index contributed by atoms with van der Waals surface area (Å²) in [6.07, 6.45) is 1.84. The van der Waals surface area contributed by atoms with Crippen LogP contribution in [0.3, 0.4) is 0 Å². The molecule has 11 aromatic rings. The van der Waals surface area contributed by atoms with Crippen molar-refractivity contribution >= 4 is 82.1 Å². The van der Waals surface area contributed by atoms with Crippen LogP contribution in [0.2, 0.25) is 0 Å². The van der Waals surface area contributed by atoms with Crippen molar-refractivity contribution in [2.24, 2.45) is 0 Å². The molecule has 0 amide bonds. The van der Waals surface area contributed by atoms with Gasteiger partial charge >= 0.3 is 17.4 Å². The molecule has 0 spiro atoms. The molecule has 8 aromatic carbocycles. The standard InChI is InChI=1S/C54H34N4OS/c1-3-15-36(16-4-1)41-23-14-24-42(37-17-5-2-6-18-37)52(41)57-35-56(48-31-30-46-45-22-8-10-26-50(45)60-54(46)53(48)57)38-19-13-20-39(33-38)59-40-28-29-44-43-21-7-9-25-47(43)58(49(44)34-40)51-27-11-12-32-55-51/h1-34H/q+2. The molecule has 0 saturated carbocycles. The lowest BCUT2D eigenvalue weighted by atomic mass is 9.95. The lowest BCUT2D eigenvalue weighted by Gasteiger charge is -2.10. The van der Waals surface area contributed by atoms with Gasteiger partial charge in [-0.25, -0.2) is 4.98 Å². The fourth-order valence-corrected chi connectivity index (χ4v) is 10.0. The fraction of sp³-hybridized carbons (Fsp3) is 0. The van der Waals surface area contributed by atoms with Crippen LogP contribution >= 0.6 is 11.3 Å². The molecule has 0 aliphatic carbocycles. The minimum Gasteiger partial charge on any atom is -0.457 e. The Morgan fingerprint density at radius 2 is 1.15 bits per heavy atom. The Balaban J connectivity index is 1.05. The van der Waals surface area contributed by atoms with E-state index in [-0.39, 0.29) is 0 Å². The molecule has 0 saturated heterocycles. The number of benzene rings is 8. The highest BCUT2D eigenvalue weighted by molar-refractivity contribution is 7.26. The molecule has 3 aromatic heterocycles. The molecule has 0 bridgehead atoms. The van der Waals surface area contributed by atoms with Gasteiger partial charge in [-0.15, -0.1) is 11.3 Å². The van der Waals surface area contributed by atoms with E-state index in [9.17, 15) is 0 Å². The Kier molecular flexibility index (Phi) is 7.91. The number of fused-ring (bicyclic) bond motifs is 8. The first-order chi connectivity index (χ1) is 29.8. The fourth-order valence-electron chi connectivity index (χ4n) is 8.78. The smallest absolute Gasteiger partial charge is 0.457 e. The predicted octanol–water partition coefficient (Wildman–Crippen LogP) is 14.5. The van der Waals surface area contributed by atoms with Crippen LogP contribution < -0.4 is 13.9 Å². The average molecular weight is 787 g/mol. The van der Waals surface area contributed by atoms with Crippen LogP contribution in [0.25, 0.3) is 70.0 Å². The number of ether oxygens (including phenoxy) is 1. The van der Waals surface area contributed by atoms with E-state index in [1.165, 1.54) is 25.6 Å². The molecule has 6 heteroatoms. The van der Waals surface area contributed by atoms with Gasteiger partial charge in [-0.2, -0.15) is 0 Å². The normalized spacial score (nSPS) is 12.3. The van der Waals surface area contributed by atoms with Gasteiger partial charge in [0, 0.05) is 50.6 Å². The summed E-state index contributed by atoms with van der Waals surface area (Å²) in [7, 11) is 0. The maximum Gasteiger partial charge on any atom is 0.503 e. The second-order valence-corrected chi connectivity index (χ2v) is 16.0. The first-order valence-corrected chi connectivity index (χ1v) is 20.9. The number of pyridine rings is 1. The van der Waals surface area contributed by atoms with Gasteiger partial charge in [-0.05, 0) is 80.9 Å². The lowest BCUT2D eigenvalue weighted by molar-refractivity contribution is 0.483. The molecule has 0 fully saturated rings. The molecular formula is C54H34N4OS+2. The Morgan fingerprint density at radius 1 is 0.483 bits per heavy atom. The Labute approximate surface area is 349 Å². The highest BCUT2D eigenvalue weighted by atomic mass is 32.1. The Hall–Kier alpha value is -7.89. The minimum atomic E-state index is 0.728. The largest absolute Gasteiger partial charge is 0.503 e. The van der Waals surface area contributed by atoms with Gasteiger partial charge in [-0.1, -0.05) is 115 Å². The number of rotatable bonds is 7. The van der Waals surface area contributed by atoms with Crippen molar-refractivity contribution in [3.8, 4) is 39.6 Å². The molecule has 12 rings (SSSR count). The monoisotopic (exact) mass is 786 g/mol. The van der Waals surface area contributed by atoms with E-state index >= 15 is 0 Å². The molecule has 0 radical (unpaired) electrons. The van der Waals surface area contributed by atoms with Gasteiger partial charge in [0.15, 0.2) is 0 Å². The number of nitrogens with zero attached hydrogens (tertiary/aromatic N) is 4. The van der Waals surface area contributed by atoms with E-state index in [0.717, 1.165) is 78.7 Å². The van der Waals surface area contributed by atoms with E-state index in [1.54, 1.807) is 0 Å². The Morgan fingerprint density at radius 3 is 1.93 bits per heavy atom. The molecule has 0 atom stereocenters. The SMILES string of the molecule is C1=[N+](c2cccc(Oc3ccc4c5ccccc5n(-c5ccccn5)c4c3)c2)c2ccc3c(sc4ccccc43)c2[N+]=1c1c(-c2ccccc2)cccc1-c1ccccc1. The molecule has 0 unspecified atom stereocenters. The molecule has 1 aliphatic rings. The van der Waals surface area contributed by atoms with Crippen LogP contribution in [0.4, 0.5) is 22.7 Å². The highest BCUT2D eigenvalue weighted by Crippen LogP contribution is 2.50. The van der Waals surface area contributed by atoms with Crippen molar-refractivity contribution in [2.45, 2.75) is 0 Å². The zero-order valence-corrected chi connectivity index (χ0v) is 33.1. The first kappa shape index (κ1) is 34.2. The molecule has 60 heavy (non-hydrogen) atoms. The quantitative estimate of drug-likeness (QED) is 0.151. The third-order valence-corrected chi connectivity index (χ3v) is 12.6. The number of para-hydroxylation sites is 2. The van der Waals surface area contributed by atoms with Crippen molar-refractivity contribution in [1.29, 1.82) is 0 Å². The number of thiophene rings is 1. The summed E-state index contributed by atoms with van der Waals surface area (Å²) in [5, 5.41) is 4.81. The number of aromatic nitrogens is 2. The van der Waals surface area contributed by atoms with Gasteiger partial charge in [0.25, 0.3) is 0 Å². The van der Waals surface area contributed by atoms with Crippen LogP contribution in [-0.2, 0) is 0 Å². The second-order valence-electron chi connectivity index (χ2n) is 14.9. The zero-order chi connectivity index (χ0) is 39.6. The topological polar surface area (TPSA) is 33.1 Å². The van der Waals surface area contributed by atoms with Gasteiger partial charge < -0.3 is 4.74 Å². The summed E-state index contributed by atoms with van der Waals surface area (Å²) in [5.74, 6) is 2.34. The van der Waals surface area contributed by atoms with Crippen molar-refractivity contribution in [1.82, 2.24) is 18.7 Å². The molecule has 0 N–H and O–H groups in total. The number of hydrogen-bond acceptors (Lipinski definition) is 3. The van der Waals surface area contributed by atoms with Gasteiger partial charge in [0.1, 0.15) is 22.0 Å². The summed E-state index contributed by atoms with van der Waals surface area (Å²) in [6, 6.07) is 74.2. The second kappa shape index (κ2) is 13.9.